The van der Waals surface area contributed by atoms with Crippen molar-refractivity contribution in [1.29, 1.82) is 0 Å². The number of benzene rings is 1. The fraction of sp³-hybridized carbons (Fsp3) is 0.250. The fourth-order valence-corrected chi connectivity index (χ4v) is 2.26. The van der Waals surface area contributed by atoms with E-state index >= 15 is 0 Å². The van der Waals surface area contributed by atoms with Crippen LogP contribution in [-0.2, 0) is 17.9 Å². The Labute approximate surface area is 124 Å². The number of aromatic amines is 1. The van der Waals surface area contributed by atoms with Crippen molar-refractivity contribution in [2.75, 3.05) is 12.4 Å². The second-order valence-corrected chi connectivity index (χ2v) is 4.86. The maximum absolute atomic E-state index is 11.7. The first-order valence-corrected chi connectivity index (χ1v) is 6.74. The van der Waals surface area contributed by atoms with Crippen LogP contribution in [0.1, 0.15) is 27.2 Å². The highest BCUT2D eigenvalue weighted by molar-refractivity contribution is 5.98. The Balaban J connectivity index is 2.30. The zero-order chi connectivity index (χ0) is 15.2. The van der Waals surface area contributed by atoms with E-state index in [9.17, 15) is 4.79 Å². The summed E-state index contributed by atoms with van der Waals surface area (Å²) in [5, 5.41) is 3.24. The lowest BCUT2D eigenvalue weighted by molar-refractivity contribution is -0.371. The lowest BCUT2D eigenvalue weighted by atomic mass is 10.1. The number of aryl methyl sites for hydroxylation is 1. The number of pyridine rings is 1. The lowest BCUT2D eigenvalue weighted by Gasteiger charge is -2.09. The number of amides is 1. The lowest BCUT2D eigenvalue weighted by Crippen LogP contribution is -2.26. The monoisotopic (exact) mass is 286 g/mol. The molecule has 2 rings (SSSR count). The smallest absolute Gasteiger partial charge is 0.286 e. The third kappa shape index (κ3) is 3.79. The highest BCUT2D eigenvalue weighted by Gasteiger charge is 2.21. The first-order chi connectivity index (χ1) is 10.1. The summed E-state index contributed by atoms with van der Waals surface area (Å²) in [6.45, 7) is 2.87. The number of ether oxygens (including phenoxy) is 1. The number of nitrogens with one attached hydrogen (secondary N) is 2. The molecule has 0 unspecified atom stereocenters. The maximum atomic E-state index is 11.7. The normalized spacial score (nSPS) is 10.4. The molecule has 0 aliphatic rings. The molecule has 2 aromatic rings. The third-order valence-electron chi connectivity index (χ3n) is 3.14. The number of carbonyl (C=O) groups is 1. The number of hydrogen-bond acceptors (Lipinski definition) is 3. The number of anilines is 1. The van der Waals surface area contributed by atoms with Crippen LogP contribution in [-0.4, -0.2) is 13.0 Å². The van der Waals surface area contributed by atoms with Gasteiger partial charge in [0.2, 0.25) is 0 Å². The van der Waals surface area contributed by atoms with Gasteiger partial charge in [0.15, 0.2) is 0 Å². The minimum Gasteiger partial charge on any atom is -0.380 e. The van der Waals surface area contributed by atoms with Crippen molar-refractivity contribution in [3.05, 3.63) is 58.8 Å². The van der Waals surface area contributed by atoms with Crippen molar-refractivity contribution in [1.82, 2.24) is 0 Å². The molecule has 0 aliphatic heterocycles. The predicted molar refractivity (Wildman–Crippen MR) is 80.7 cm³/mol. The van der Waals surface area contributed by atoms with Gasteiger partial charge in [0.05, 0.1) is 12.3 Å². The zero-order valence-corrected chi connectivity index (χ0v) is 12.3. The summed E-state index contributed by atoms with van der Waals surface area (Å²) in [5.74, 6) is 0.146. The average molecular weight is 286 g/mol. The van der Waals surface area contributed by atoms with Crippen LogP contribution in [0.3, 0.4) is 0 Å². The molecule has 5 nitrogen and oxygen atoms in total. The second-order valence-electron chi connectivity index (χ2n) is 4.86. The van der Waals surface area contributed by atoms with Crippen LogP contribution >= 0.6 is 0 Å². The van der Waals surface area contributed by atoms with Gasteiger partial charge in [-0.15, -0.1) is 0 Å². The van der Waals surface area contributed by atoms with E-state index in [1.165, 1.54) is 0 Å². The summed E-state index contributed by atoms with van der Waals surface area (Å²) in [6, 6.07) is 11.8. The Morgan fingerprint density at radius 2 is 2.05 bits per heavy atom. The van der Waals surface area contributed by atoms with Crippen LogP contribution in [0.25, 0.3) is 0 Å². The number of hydrogen-bond donors (Lipinski definition) is 2. The van der Waals surface area contributed by atoms with E-state index in [0.717, 1.165) is 16.8 Å². The molecule has 4 N–H and O–H groups in total. The Hall–Kier alpha value is -2.40. The molecule has 0 spiro atoms. The van der Waals surface area contributed by atoms with E-state index in [4.69, 9.17) is 10.5 Å². The molecule has 0 bridgehead atoms. The van der Waals surface area contributed by atoms with Crippen molar-refractivity contribution < 1.29 is 14.5 Å². The van der Waals surface area contributed by atoms with Crippen LogP contribution in [0.4, 0.5) is 5.82 Å². The SMILES string of the molecule is COCc1cc(C)[nH+]c(NCc2ccccc2)c1C(N)=O. The van der Waals surface area contributed by atoms with Crippen LogP contribution < -0.4 is 16.0 Å². The van der Waals surface area contributed by atoms with Gasteiger partial charge in [0, 0.05) is 12.7 Å². The molecule has 1 aromatic heterocycles. The maximum Gasteiger partial charge on any atom is 0.286 e. The zero-order valence-electron chi connectivity index (χ0n) is 12.3. The van der Waals surface area contributed by atoms with Gasteiger partial charge in [-0.3, -0.25) is 10.1 Å². The topological polar surface area (TPSA) is 78.5 Å². The molecule has 0 saturated heterocycles. The number of primary amides is 1. The Morgan fingerprint density at radius 1 is 1.33 bits per heavy atom. The van der Waals surface area contributed by atoms with Crippen LogP contribution in [0, 0.1) is 6.92 Å². The quantitative estimate of drug-likeness (QED) is 0.847. The Bertz CT molecular complexity index is 627. The van der Waals surface area contributed by atoms with E-state index in [-0.39, 0.29) is 0 Å². The minimum atomic E-state index is -0.478. The van der Waals surface area contributed by atoms with E-state index in [1.807, 2.05) is 43.3 Å². The summed E-state index contributed by atoms with van der Waals surface area (Å²) in [6.07, 6.45) is 0. The summed E-state index contributed by atoms with van der Waals surface area (Å²) in [7, 11) is 1.59. The number of H-pyrrole nitrogens is 1. The standard InChI is InChI=1S/C16H19N3O2/c1-11-8-13(10-21-2)14(15(17)20)16(19-11)18-9-12-6-4-3-5-7-12/h3-8H,9-10H2,1-2H3,(H2,17,20)(H,18,19)/p+1. The molecular formula is C16H20N3O2+. The molecule has 0 fully saturated rings. The fourth-order valence-electron chi connectivity index (χ4n) is 2.26. The van der Waals surface area contributed by atoms with Crippen LogP contribution in [0.5, 0.6) is 0 Å². The number of methoxy groups -OCH3 is 1. The number of rotatable bonds is 6. The molecule has 0 radical (unpaired) electrons. The molecule has 0 atom stereocenters. The highest BCUT2D eigenvalue weighted by atomic mass is 16.5. The highest BCUT2D eigenvalue weighted by Crippen LogP contribution is 2.17. The first kappa shape index (κ1) is 15.0. The number of aromatic nitrogens is 1. The van der Waals surface area contributed by atoms with Crippen molar-refractivity contribution in [3.63, 3.8) is 0 Å². The molecule has 0 aliphatic carbocycles. The number of nitrogens with two attached hydrogens (primary N) is 1. The summed E-state index contributed by atoms with van der Waals surface area (Å²) < 4.78 is 5.14. The summed E-state index contributed by atoms with van der Waals surface area (Å²) >= 11 is 0. The Kier molecular flexibility index (Phi) is 4.90. The van der Waals surface area contributed by atoms with Gasteiger partial charge in [0.1, 0.15) is 12.1 Å². The second kappa shape index (κ2) is 6.85. The molecule has 21 heavy (non-hydrogen) atoms. The van der Waals surface area contributed by atoms with E-state index < -0.39 is 5.91 Å². The van der Waals surface area contributed by atoms with Gasteiger partial charge in [-0.1, -0.05) is 30.3 Å². The van der Waals surface area contributed by atoms with Gasteiger partial charge in [-0.2, -0.15) is 0 Å². The van der Waals surface area contributed by atoms with Crippen LogP contribution in [0.15, 0.2) is 36.4 Å². The van der Waals surface area contributed by atoms with Gasteiger partial charge >= 0.3 is 0 Å². The van der Waals surface area contributed by atoms with Gasteiger partial charge in [0.25, 0.3) is 11.7 Å². The number of carbonyl (C=O) groups excluding carboxylic acids is 1. The molecule has 110 valence electrons. The molecule has 0 saturated carbocycles. The van der Waals surface area contributed by atoms with Crippen molar-refractivity contribution >= 4 is 11.7 Å². The van der Waals surface area contributed by atoms with Crippen molar-refractivity contribution in [3.8, 4) is 0 Å². The molecule has 5 heteroatoms. The largest absolute Gasteiger partial charge is 0.380 e. The van der Waals surface area contributed by atoms with Crippen molar-refractivity contribution in [2.24, 2.45) is 5.73 Å². The minimum absolute atomic E-state index is 0.341. The first-order valence-electron chi connectivity index (χ1n) is 6.74. The molecule has 1 aromatic carbocycles. The predicted octanol–water partition coefficient (Wildman–Crippen LogP) is 1.67. The van der Waals surface area contributed by atoms with Gasteiger partial charge in [-0.05, 0) is 18.6 Å². The third-order valence-corrected chi connectivity index (χ3v) is 3.14. The average Bonchev–Trinajstić information content (AvgIpc) is 2.45. The van der Waals surface area contributed by atoms with Crippen LogP contribution in [0.2, 0.25) is 0 Å². The molecular weight excluding hydrogens is 266 g/mol. The van der Waals surface area contributed by atoms with E-state index in [1.54, 1.807) is 7.11 Å². The molecule has 1 amide bonds. The Morgan fingerprint density at radius 3 is 2.67 bits per heavy atom. The summed E-state index contributed by atoms with van der Waals surface area (Å²) in [5.41, 5.74) is 8.78. The van der Waals surface area contributed by atoms with Gasteiger partial charge < -0.3 is 10.5 Å². The van der Waals surface area contributed by atoms with E-state index in [0.29, 0.717) is 24.5 Å². The van der Waals surface area contributed by atoms with Gasteiger partial charge in [-0.25, -0.2) is 4.98 Å². The summed E-state index contributed by atoms with van der Waals surface area (Å²) in [4.78, 5) is 14.9. The molecule has 1 heterocycles. The van der Waals surface area contributed by atoms with Crippen molar-refractivity contribution in [2.45, 2.75) is 20.1 Å². The van der Waals surface area contributed by atoms with E-state index in [2.05, 4.69) is 10.3 Å².